The molecule has 1 aromatic carbocycles. The number of hydrogen-bond donors (Lipinski definition) is 4. The summed E-state index contributed by atoms with van der Waals surface area (Å²) in [6, 6.07) is 13.1. The van der Waals surface area contributed by atoms with Crippen LogP contribution in [0.5, 0.6) is 5.75 Å². The Morgan fingerprint density at radius 1 is 1.15 bits per heavy atom. The zero-order valence-electron chi connectivity index (χ0n) is 22.2. The Morgan fingerprint density at radius 3 is 2.63 bits per heavy atom. The number of halogens is 1. The Hall–Kier alpha value is -3.70. The number of hydrogen-bond acceptors (Lipinski definition) is 8. The third-order valence-corrected chi connectivity index (χ3v) is 8.77. The van der Waals surface area contributed by atoms with Gasteiger partial charge in [-0.15, -0.1) is 11.3 Å². The van der Waals surface area contributed by atoms with E-state index < -0.39 is 48.6 Å². The number of likely N-dealkylation sites (tertiary alicyclic amines) is 1. The van der Waals surface area contributed by atoms with E-state index in [1.54, 1.807) is 30.5 Å². The van der Waals surface area contributed by atoms with Crippen LogP contribution in [-0.2, 0) is 16.1 Å². The molecule has 214 valence electrons. The van der Waals surface area contributed by atoms with Crippen molar-refractivity contribution in [1.82, 2.24) is 9.88 Å². The Balaban J connectivity index is 1.40. The van der Waals surface area contributed by atoms with E-state index >= 15 is 0 Å². The predicted molar refractivity (Wildman–Crippen MR) is 152 cm³/mol. The van der Waals surface area contributed by atoms with Crippen LogP contribution in [0.3, 0.4) is 0 Å². The molecule has 2 aromatic heterocycles. The number of carbonyl (C=O) groups excluding carboxylic acids is 2. The molecule has 3 heterocycles. The molecule has 2 aliphatic rings. The maximum Gasteiger partial charge on any atom is 0.234 e. The largest absolute Gasteiger partial charge is 0.505 e. The molecule has 1 saturated heterocycles. The summed E-state index contributed by atoms with van der Waals surface area (Å²) in [5.74, 6) is -4.26. The molecular weight excluding hydrogens is 547 g/mol. The number of nitrogens with zero attached hydrogens (tertiary/aromatic N) is 2. The van der Waals surface area contributed by atoms with Gasteiger partial charge in [-0.3, -0.25) is 19.5 Å². The van der Waals surface area contributed by atoms with E-state index in [1.165, 1.54) is 28.4 Å². The van der Waals surface area contributed by atoms with Crippen molar-refractivity contribution in [2.75, 3.05) is 13.2 Å². The van der Waals surface area contributed by atoms with E-state index in [9.17, 15) is 34.4 Å². The number of amides is 2. The molecular formula is C31H31FN2O6S. The molecule has 1 aliphatic heterocycles. The minimum Gasteiger partial charge on any atom is -0.505 e. The summed E-state index contributed by atoms with van der Waals surface area (Å²) in [4.78, 5) is 33.2. The smallest absolute Gasteiger partial charge is 0.234 e. The number of aromatic hydroxyl groups is 1. The van der Waals surface area contributed by atoms with Crippen molar-refractivity contribution >= 4 is 34.8 Å². The van der Waals surface area contributed by atoms with Gasteiger partial charge in [0.25, 0.3) is 0 Å². The Labute approximate surface area is 240 Å². The van der Waals surface area contributed by atoms with Crippen molar-refractivity contribution in [3.05, 3.63) is 93.2 Å². The molecule has 1 aliphatic carbocycles. The van der Waals surface area contributed by atoms with Crippen molar-refractivity contribution < 1.29 is 34.4 Å². The van der Waals surface area contributed by atoms with Gasteiger partial charge < -0.3 is 20.4 Å². The molecule has 2 amide bonds. The maximum absolute atomic E-state index is 14.0. The van der Waals surface area contributed by atoms with Crippen molar-refractivity contribution in [1.29, 1.82) is 0 Å². The van der Waals surface area contributed by atoms with E-state index in [0.717, 1.165) is 4.88 Å². The van der Waals surface area contributed by atoms with Crippen LogP contribution in [-0.4, -0.2) is 61.4 Å². The fourth-order valence-electron chi connectivity index (χ4n) is 5.97. The third kappa shape index (κ3) is 5.87. The van der Waals surface area contributed by atoms with Crippen molar-refractivity contribution in [2.45, 2.75) is 31.9 Å². The molecule has 3 aromatic rings. The number of phenolic OH excluding ortho intramolecular Hbond substituents is 1. The van der Waals surface area contributed by atoms with E-state index in [0.29, 0.717) is 34.4 Å². The summed E-state index contributed by atoms with van der Waals surface area (Å²) in [7, 11) is 0. The highest BCUT2D eigenvalue weighted by Crippen LogP contribution is 2.46. The zero-order valence-corrected chi connectivity index (χ0v) is 23.0. The number of aliphatic hydroxyl groups is 3. The first kappa shape index (κ1) is 28.8. The standard InChI is InChI=1S/C31H31FN2O6S/c32-24-13-18(6-8-26(24)37)12-19(25-5-1-2-10-33-25)7-9-27(38)28-20(16-35)14-22-29(23(28)17-36)31(40)34(30(22)39)15-21-4-3-11-41-21/h1-6,8,10-13,22-23,27,29,35-38H,7,9,14-17H2/b19-12-/t22-,23+,27-,29-/m1/s1. The van der Waals surface area contributed by atoms with Gasteiger partial charge in [0, 0.05) is 17.0 Å². The molecule has 0 unspecified atom stereocenters. The number of allylic oxidation sites excluding steroid dienone is 1. The average Bonchev–Trinajstić information content (AvgIpc) is 3.59. The number of benzene rings is 1. The zero-order chi connectivity index (χ0) is 29.1. The summed E-state index contributed by atoms with van der Waals surface area (Å²) in [5, 5.41) is 43.5. The molecule has 10 heteroatoms. The highest BCUT2D eigenvalue weighted by molar-refractivity contribution is 7.09. The molecule has 0 spiro atoms. The predicted octanol–water partition coefficient (Wildman–Crippen LogP) is 3.77. The van der Waals surface area contributed by atoms with E-state index in [1.807, 2.05) is 23.6 Å². The first-order valence-corrected chi connectivity index (χ1v) is 14.3. The SMILES string of the molecule is O=C1[C@@H]2[C@@H](CC(CO)=C([C@H](O)CC/C(=C/c3ccc(O)c(F)c3)c3ccccn3)[C@@H]2CO)C(=O)N1Cc1cccs1. The number of fused-ring (bicyclic) bond motifs is 1. The molecule has 0 saturated carbocycles. The molecule has 41 heavy (non-hydrogen) atoms. The first-order valence-electron chi connectivity index (χ1n) is 13.4. The van der Waals surface area contributed by atoms with Crippen LogP contribution in [0.15, 0.2) is 71.3 Å². The van der Waals surface area contributed by atoms with Gasteiger partial charge in [0.2, 0.25) is 11.8 Å². The second-order valence-electron chi connectivity index (χ2n) is 10.3. The van der Waals surface area contributed by atoms with Crippen molar-refractivity contribution in [3.63, 3.8) is 0 Å². The molecule has 5 rings (SSSR count). The fraction of sp³-hybridized carbons (Fsp3) is 0.323. The molecule has 8 nitrogen and oxygen atoms in total. The fourth-order valence-corrected chi connectivity index (χ4v) is 6.67. The Morgan fingerprint density at radius 2 is 1.98 bits per heavy atom. The summed E-state index contributed by atoms with van der Waals surface area (Å²) in [6.07, 6.45) is 2.82. The van der Waals surface area contributed by atoms with Crippen LogP contribution >= 0.6 is 11.3 Å². The summed E-state index contributed by atoms with van der Waals surface area (Å²) < 4.78 is 14.0. The third-order valence-electron chi connectivity index (χ3n) is 7.91. The number of thiophene rings is 1. The number of aromatic nitrogens is 1. The highest BCUT2D eigenvalue weighted by Gasteiger charge is 2.54. The van der Waals surface area contributed by atoms with Gasteiger partial charge >= 0.3 is 0 Å². The topological polar surface area (TPSA) is 131 Å². The minimum absolute atomic E-state index is 0.130. The lowest BCUT2D eigenvalue weighted by Crippen LogP contribution is -2.39. The van der Waals surface area contributed by atoms with Gasteiger partial charge in [0.15, 0.2) is 11.6 Å². The number of phenols is 1. The van der Waals surface area contributed by atoms with Gasteiger partial charge in [-0.2, -0.15) is 0 Å². The van der Waals surface area contributed by atoms with Crippen molar-refractivity contribution in [2.24, 2.45) is 17.8 Å². The van der Waals surface area contributed by atoms with Gasteiger partial charge in [-0.25, -0.2) is 4.39 Å². The van der Waals surface area contributed by atoms with Gasteiger partial charge in [-0.1, -0.05) is 18.2 Å². The molecule has 1 fully saturated rings. The highest BCUT2D eigenvalue weighted by atomic mass is 32.1. The summed E-state index contributed by atoms with van der Waals surface area (Å²) >= 11 is 1.44. The number of aliphatic hydroxyl groups excluding tert-OH is 3. The van der Waals surface area contributed by atoms with E-state index in [-0.39, 0.29) is 31.2 Å². The van der Waals surface area contributed by atoms with Crippen molar-refractivity contribution in [3.8, 4) is 5.75 Å². The number of rotatable bonds is 10. The van der Waals surface area contributed by atoms with E-state index in [4.69, 9.17) is 0 Å². The quantitative estimate of drug-likeness (QED) is 0.213. The average molecular weight is 579 g/mol. The molecule has 0 bridgehead atoms. The number of imide groups is 1. The maximum atomic E-state index is 14.0. The second kappa shape index (κ2) is 12.4. The van der Waals surface area contributed by atoms with Crippen LogP contribution in [0, 0.1) is 23.6 Å². The number of pyridine rings is 1. The summed E-state index contributed by atoms with van der Waals surface area (Å²) in [6.45, 7) is -0.713. The lowest BCUT2D eigenvalue weighted by atomic mass is 9.68. The molecule has 0 radical (unpaired) electrons. The Bertz CT molecular complexity index is 1470. The monoisotopic (exact) mass is 578 g/mol. The first-order chi connectivity index (χ1) is 19.8. The lowest BCUT2D eigenvalue weighted by molar-refractivity contribution is -0.140. The van der Waals surface area contributed by atoms with Crippen LogP contribution in [0.1, 0.15) is 35.4 Å². The van der Waals surface area contributed by atoms with Crippen LogP contribution in [0.2, 0.25) is 0 Å². The molecule has 4 atom stereocenters. The minimum atomic E-state index is -1.12. The summed E-state index contributed by atoms with van der Waals surface area (Å²) in [5.41, 5.74) is 2.67. The van der Waals surface area contributed by atoms with Gasteiger partial charge in [0.1, 0.15) is 0 Å². The van der Waals surface area contributed by atoms with Crippen LogP contribution in [0.4, 0.5) is 4.39 Å². The van der Waals surface area contributed by atoms with E-state index in [2.05, 4.69) is 4.98 Å². The number of carbonyl (C=O) groups is 2. The lowest BCUT2D eigenvalue weighted by Gasteiger charge is -2.36. The molecule has 4 N–H and O–H groups in total. The van der Waals surface area contributed by atoms with Crippen LogP contribution < -0.4 is 0 Å². The normalized spacial score (nSPS) is 21.9. The van der Waals surface area contributed by atoms with Gasteiger partial charge in [0.05, 0.1) is 43.4 Å². The van der Waals surface area contributed by atoms with Gasteiger partial charge in [-0.05, 0) is 83.3 Å². The van der Waals surface area contributed by atoms with Crippen LogP contribution in [0.25, 0.3) is 11.6 Å². The second-order valence-corrected chi connectivity index (χ2v) is 11.4. The Kier molecular flexibility index (Phi) is 8.74.